The van der Waals surface area contributed by atoms with Crippen LogP contribution in [0.5, 0.6) is 0 Å². The molecule has 0 radical (unpaired) electrons. The Morgan fingerprint density at radius 3 is 2.82 bits per heavy atom. The Bertz CT molecular complexity index is 729. The lowest BCUT2D eigenvalue weighted by atomic mass is 10.1. The second kappa shape index (κ2) is 6.25. The van der Waals surface area contributed by atoms with E-state index in [9.17, 15) is 14.9 Å². The fraction of sp³-hybridized carbons (Fsp3) is 0.286. The van der Waals surface area contributed by atoms with Gasteiger partial charge in [-0.15, -0.1) is 0 Å². The average Bonchev–Trinajstić information content (AvgIpc) is 3.03. The molecule has 2 aromatic rings. The molecule has 0 saturated heterocycles. The van der Waals surface area contributed by atoms with E-state index >= 15 is 0 Å². The van der Waals surface area contributed by atoms with Crippen LogP contribution in [-0.4, -0.2) is 20.6 Å². The third kappa shape index (κ3) is 3.60. The lowest BCUT2D eigenvalue weighted by Gasteiger charge is -2.11. The Kier molecular flexibility index (Phi) is 4.40. The molecule has 0 aliphatic rings. The van der Waals surface area contributed by atoms with Gasteiger partial charge < -0.3 is 9.73 Å². The summed E-state index contributed by atoms with van der Waals surface area (Å²) in [4.78, 5) is 21.7. The summed E-state index contributed by atoms with van der Waals surface area (Å²) in [6.45, 7) is 3.73. The number of carbonyl (C=O) groups is 1. The normalized spacial score (nSPS) is 12.5. The highest BCUT2D eigenvalue weighted by atomic mass is 16.6. The van der Waals surface area contributed by atoms with E-state index in [1.54, 1.807) is 4.68 Å². The molecule has 0 aliphatic heterocycles. The maximum atomic E-state index is 11.9. The lowest BCUT2D eigenvalue weighted by molar-refractivity contribution is -0.402. The third-order valence-corrected chi connectivity index (χ3v) is 3.07. The summed E-state index contributed by atoms with van der Waals surface area (Å²) in [5.41, 5.74) is 1.78. The highest BCUT2D eigenvalue weighted by molar-refractivity contribution is 5.91. The van der Waals surface area contributed by atoms with Gasteiger partial charge in [-0.05, 0) is 26.0 Å². The molecule has 1 amide bonds. The van der Waals surface area contributed by atoms with Crippen molar-refractivity contribution < 1.29 is 14.1 Å². The molecule has 0 saturated carbocycles. The van der Waals surface area contributed by atoms with Crippen molar-refractivity contribution in [3.8, 4) is 0 Å². The van der Waals surface area contributed by atoms with E-state index in [0.717, 1.165) is 11.3 Å². The zero-order valence-corrected chi connectivity index (χ0v) is 12.4. The zero-order chi connectivity index (χ0) is 16.3. The highest BCUT2D eigenvalue weighted by Gasteiger charge is 2.13. The Morgan fingerprint density at radius 1 is 1.55 bits per heavy atom. The predicted octanol–water partition coefficient (Wildman–Crippen LogP) is 2.12. The SMILES string of the molecule is Cc1nn(C)cc1C(C)NC(=O)/C=C/c1ccc([N+](=O)[O-])o1. The van der Waals surface area contributed by atoms with Crippen molar-refractivity contribution in [2.24, 2.45) is 7.05 Å². The molecule has 8 nitrogen and oxygen atoms in total. The number of carbonyl (C=O) groups excluding carboxylic acids is 1. The number of rotatable bonds is 5. The number of nitrogens with zero attached hydrogens (tertiary/aromatic N) is 3. The molecule has 22 heavy (non-hydrogen) atoms. The number of hydrogen-bond donors (Lipinski definition) is 1. The van der Waals surface area contributed by atoms with Gasteiger partial charge in [0.15, 0.2) is 0 Å². The van der Waals surface area contributed by atoms with E-state index in [0.29, 0.717) is 0 Å². The summed E-state index contributed by atoms with van der Waals surface area (Å²) in [6, 6.07) is 2.47. The van der Waals surface area contributed by atoms with Gasteiger partial charge in [0.05, 0.1) is 17.8 Å². The molecule has 8 heteroatoms. The van der Waals surface area contributed by atoms with Crippen LogP contribution in [0.3, 0.4) is 0 Å². The van der Waals surface area contributed by atoms with E-state index in [2.05, 4.69) is 10.4 Å². The smallest absolute Gasteiger partial charge is 0.401 e. The number of aromatic nitrogens is 2. The number of hydrogen-bond acceptors (Lipinski definition) is 5. The number of nitro groups is 1. The highest BCUT2D eigenvalue weighted by Crippen LogP contribution is 2.17. The van der Waals surface area contributed by atoms with Gasteiger partial charge in [0.2, 0.25) is 5.91 Å². The predicted molar refractivity (Wildman–Crippen MR) is 78.9 cm³/mol. The van der Waals surface area contributed by atoms with E-state index < -0.39 is 4.92 Å². The molecule has 116 valence electrons. The molecule has 0 fully saturated rings. The van der Waals surface area contributed by atoms with Gasteiger partial charge in [0, 0.05) is 24.9 Å². The third-order valence-electron chi connectivity index (χ3n) is 3.07. The molecule has 0 aliphatic carbocycles. The number of nitrogens with one attached hydrogen (secondary N) is 1. The first kappa shape index (κ1) is 15.5. The van der Waals surface area contributed by atoms with Crippen LogP contribution in [-0.2, 0) is 11.8 Å². The lowest BCUT2D eigenvalue weighted by Crippen LogP contribution is -2.24. The first-order valence-corrected chi connectivity index (χ1v) is 6.59. The topological polar surface area (TPSA) is 103 Å². The van der Waals surface area contributed by atoms with Crippen molar-refractivity contribution in [3.63, 3.8) is 0 Å². The molecule has 1 atom stereocenters. The van der Waals surface area contributed by atoms with Crippen molar-refractivity contribution >= 4 is 17.9 Å². The van der Waals surface area contributed by atoms with Crippen molar-refractivity contribution in [2.75, 3.05) is 0 Å². The van der Waals surface area contributed by atoms with Crippen LogP contribution in [0.25, 0.3) is 6.08 Å². The maximum absolute atomic E-state index is 11.9. The maximum Gasteiger partial charge on any atom is 0.433 e. The fourth-order valence-corrected chi connectivity index (χ4v) is 2.07. The monoisotopic (exact) mass is 304 g/mol. The number of aryl methyl sites for hydroxylation is 2. The molecule has 0 aromatic carbocycles. The molecule has 0 spiro atoms. The fourth-order valence-electron chi connectivity index (χ4n) is 2.07. The van der Waals surface area contributed by atoms with E-state index in [-0.39, 0.29) is 23.6 Å². The van der Waals surface area contributed by atoms with Crippen LogP contribution in [0.15, 0.2) is 28.8 Å². The molecule has 0 bridgehead atoms. The second-order valence-corrected chi connectivity index (χ2v) is 4.84. The second-order valence-electron chi connectivity index (χ2n) is 4.84. The molecule has 2 rings (SSSR count). The first-order chi connectivity index (χ1) is 10.4. The minimum absolute atomic E-state index is 0.197. The minimum atomic E-state index is -0.634. The van der Waals surface area contributed by atoms with Crippen molar-refractivity contribution in [3.05, 3.63) is 51.5 Å². The van der Waals surface area contributed by atoms with Crippen LogP contribution in [0.2, 0.25) is 0 Å². The Hall–Kier alpha value is -2.90. The van der Waals surface area contributed by atoms with Gasteiger partial charge >= 0.3 is 5.88 Å². The van der Waals surface area contributed by atoms with Crippen LogP contribution >= 0.6 is 0 Å². The summed E-state index contributed by atoms with van der Waals surface area (Å²) in [7, 11) is 1.81. The average molecular weight is 304 g/mol. The minimum Gasteiger partial charge on any atom is -0.401 e. The van der Waals surface area contributed by atoms with Gasteiger partial charge in [0.1, 0.15) is 10.7 Å². The van der Waals surface area contributed by atoms with Gasteiger partial charge in [0.25, 0.3) is 0 Å². The molecule has 2 aromatic heterocycles. The first-order valence-electron chi connectivity index (χ1n) is 6.59. The van der Waals surface area contributed by atoms with Crippen LogP contribution in [0, 0.1) is 17.0 Å². The van der Waals surface area contributed by atoms with Gasteiger partial charge in [-0.3, -0.25) is 19.6 Å². The molecule has 2 heterocycles. The largest absolute Gasteiger partial charge is 0.433 e. The molecular formula is C14H16N4O4. The quantitative estimate of drug-likeness (QED) is 0.517. The summed E-state index contributed by atoms with van der Waals surface area (Å²) in [6.07, 6.45) is 4.50. The molecule has 1 unspecified atom stereocenters. The summed E-state index contributed by atoms with van der Waals surface area (Å²) in [5, 5.41) is 17.5. The van der Waals surface area contributed by atoms with Crippen molar-refractivity contribution in [1.29, 1.82) is 0 Å². The van der Waals surface area contributed by atoms with E-state index in [4.69, 9.17) is 4.42 Å². The van der Waals surface area contributed by atoms with Crippen LogP contribution in [0.4, 0.5) is 5.88 Å². The summed E-state index contributed by atoms with van der Waals surface area (Å²) >= 11 is 0. The van der Waals surface area contributed by atoms with E-state index in [1.165, 1.54) is 24.3 Å². The van der Waals surface area contributed by atoms with Gasteiger partial charge in [-0.25, -0.2) is 0 Å². The van der Waals surface area contributed by atoms with Gasteiger partial charge in [-0.1, -0.05) is 0 Å². The number of furan rings is 1. The van der Waals surface area contributed by atoms with E-state index in [1.807, 2.05) is 27.1 Å². The Balaban J connectivity index is 1.98. The summed E-state index contributed by atoms with van der Waals surface area (Å²) in [5.74, 6) is -0.443. The van der Waals surface area contributed by atoms with Crippen molar-refractivity contribution in [1.82, 2.24) is 15.1 Å². The molecular weight excluding hydrogens is 288 g/mol. The number of amides is 1. The standard InChI is InChI=1S/C14H16N4O4/c1-9(12-8-17(3)16-10(12)2)15-13(19)6-4-11-5-7-14(22-11)18(20)21/h4-9H,1-3H3,(H,15,19)/b6-4+. The Morgan fingerprint density at radius 2 is 2.27 bits per heavy atom. The van der Waals surface area contributed by atoms with Crippen molar-refractivity contribution in [2.45, 2.75) is 19.9 Å². The molecule has 1 N–H and O–H groups in total. The van der Waals surface area contributed by atoms with Crippen LogP contribution < -0.4 is 5.32 Å². The zero-order valence-electron chi connectivity index (χ0n) is 12.4. The Labute approximate surface area is 126 Å². The van der Waals surface area contributed by atoms with Gasteiger partial charge in [-0.2, -0.15) is 5.10 Å². The summed E-state index contributed by atoms with van der Waals surface area (Å²) < 4.78 is 6.61. The van der Waals surface area contributed by atoms with Crippen LogP contribution in [0.1, 0.15) is 30.0 Å².